The number of carbonyl (C=O) groups is 1. The summed E-state index contributed by atoms with van der Waals surface area (Å²) < 4.78 is 5.54. The first-order valence-electron chi connectivity index (χ1n) is 6.71. The highest BCUT2D eigenvalue weighted by atomic mass is 35.5. The summed E-state index contributed by atoms with van der Waals surface area (Å²) in [6.45, 7) is 2.32. The maximum Gasteiger partial charge on any atom is 0.255 e. The lowest BCUT2D eigenvalue weighted by molar-refractivity contribution is 0.0947. The molecule has 2 N–H and O–H groups in total. The van der Waals surface area contributed by atoms with Gasteiger partial charge in [-0.15, -0.1) is 0 Å². The van der Waals surface area contributed by atoms with Gasteiger partial charge in [-0.05, 0) is 37.1 Å². The average molecular weight is 281 g/mol. The lowest BCUT2D eigenvalue weighted by Gasteiger charge is -2.13. The number of nitrogens with one attached hydrogen (secondary N) is 2. The number of benzene rings is 1. The Bertz CT molecular complexity index is 498. The number of hydrogen-bond donors (Lipinski definition) is 2. The molecule has 1 amide bonds. The zero-order valence-electron chi connectivity index (χ0n) is 10.7. The average Bonchev–Trinajstić information content (AvgIpc) is 3.05. The summed E-state index contributed by atoms with van der Waals surface area (Å²) in [5.74, 6) is 0.593. The standard InChI is InChI=1S/C14H17ClN2O2/c15-10-6-9-3-5-19-13(9)12(7-10)14(18)17-8-11-2-1-4-16-11/h6-7,11,16H,1-5,8H2,(H,17,18)/t11-/m0/s1. The minimum Gasteiger partial charge on any atom is -0.492 e. The van der Waals surface area contributed by atoms with Crippen molar-refractivity contribution in [2.75, 3.05) is 19.7 Å². The first-order valence-corrected chi connectivity index (χ1v) is 7.08. The molecular formula is C14H17ClN2O2. The van der Waals surface area contributed by atoms with Crippen molar-refractivity contribution in [2.45, 2.75) is 25.3 Å². The lowest BCUT2D eigenvalue weighted by Crippen LogP contribution is -2.37. The van der Waals surface area contributed by atoms with Crippen molar-refractivity contribution >= 4 is 17.5 Å². The monoisotopic (exact) mass is 280 g/mol. The highest BCUT2D eigenvalue weighted by Crippen LogP contribution is 2.32. The Hall–Kier alpha value is -1.26. The van der Waals surface area contributed by atoms with E-state index in [2.05, 4.69) is 10.6 Å². The molecule has 2 aliphatic rings. The molecule has 0 saturated carbocycles. The van der Waals surface area contributed by atoms with Crippen molar-refractivity contribution < 1.29 is 9.53 Å². The van der Waals surface area contributed by atoms with Crippen molar-refractivity contribution in [1.29, 1.82) is 0 Å². The SMILES string of the molecule is O=C(NC[C@@H]1CCCN1)c1cc(Cl)cc2c1OCC2. The third-order valence-electron chi connectivity index (χ3n) is 3.66. The number of halogens is 1. The molecule has 3 rings (SSSR count). The molecule has 0 unspecified atom stereocenters. The Morgan fingerprint density at radius 3 is 3.21 bits per heavy atom. The summed E-state index contributed by atoms with van der Waals surface area (Å²) in [5.41, 5.74) is 1.58. The van der Waals surface area contributed by atoms with Gasteiger partial charge in [0.1, 0.15) is 5.75 Å². The molecule has 1 aromatic rings. The second kappa shape index (κ2) is 5.39. The van der Waals surface area contributed by atoms with Gasteiger partial charge in [-0.2, -0.15) is 0 Å². The lowest BCUT2D eigenvalue weighted by atomic mass is 10.1. The van der Waals surface area contributed by atoms with Crippen LogP contribution in [0.25, 0.3) is 0 Å². The van der Waals surface area contributed by atoms with Gasteiger partial charge < -0.3 is 15.4 Å². The zero-order valence-corrected chi connectivity index (χ0v) is 11.4. The van der Waals surface area contributed by atoms with Crippen LogP contribution in [-0.2, 0) is 6.42 Å². The van der Waals surface area contributed by atoms with Crippen molar-refractivity contribution in [3.63, 3.8) is 0 Å². The van der Waals surface area contributed by atoms with Gasteiger partial charge >= 0.3 is 0 Å². The normalized spacial score (nSPS) is 21.0. The van der Waals surface area contributed by atoms with E-state index in [1.807, 2.05) is 6.07 Å². The van der Waals surface area contributed by atoms with Crippen LogP contribution in [0.5, 0.6) is 5.75 Å². The fourth-order valence-corrected chi connectivity index (χ4v) is 2.92. The molecule has 0 spiro atoms. The molecule has 1 saturated heterocycles. The molecule has 1 fully saturated rings. The number of fused-ring (bicyclic) bond motifs is 1. The van der Waals surface area contributed by atoms with Crippen molar-refractivity contribution in [3.05, 3.63) is 28.3 Å². The van der Waals surface area contributed by atoms with Crippen LogP contribution in [0, 0.1) is 0 Å². The highest BCUT2D eigenvalue weighted by molar-refractivity contribution is 6.31. The van der Waals surface area contributed by atoms with Gasteiger partial charge in [-0.3, -0.25) is 4.79 Å². The van der Waals surface area contributed by atoms with Crippen LogP contribution in [0.15, 0.2) is 12.1 Å². The molecule has 2 aliphatic heterocycles. The van der Waals surface area contributed by atoms with Crippen LogP contribution < -0.4 is 15.4 Å². The van der Waals surface area contributed by atoms with E-state index in [1.54, 1.807) is 6.07 Å². The molecular weight excluding hydrogens is 264 g/mol. The first-order chi connectivity index (χ1) is 9.24. The number of hydrogen-bond acceptors (Lipinski definition) is 3. The topological polar surface area (TPSA) is 50.4 Å². The summed E-state index contributed by atoms with van der Waals surface area (Å²) in [7, 11) is 0. The Morgan fingerprint density at radius 1 is 1.53 bits per heavy atom. The predicted molar refractivity (Wildman–Crippen MR) is 74.0 cm³/mol. The summed E-state index contributed by atoms with van der Waals surface area (Å²) in [6.07, 6.45) is 3.11. The molecule has 0 aromatic heterocycles. The minimum atomic E-state index is -0.102. The number of carbonyl (C=O) groups excluding carboxylic acids is 1. The van der Waals surface area contributed by atoms with Gasteiger partial charge in [0.15, 0.2) is 0 Å². The van der Waals surface area contributed by atoms with Crippen LogP contribution in [0.4, 0.5) is 0 Å². The van der Waals surface area contributed by atoms with E-state index in [9.17, 15) is 4.79 Å². The molecule has 1 atom stereocenters. The molecule has 0 aliphatic carbocycles. The van der Waals surface area contributed by atoms with Crippen molar-refractivity contribution in [2.24, 2.45) is 0 Å². The number of amides is 1. The van der Waals surface area contributed by atoms with Crippen molar-refractivity contribution in [3.8, 4) is 5.75 Å². The molecule has 1 aromatic carbocycles. The predicted octanol–water partition coefficient (Wildman–Crippen LogP) is 1.76. The van der Waals surface area contributed by atoms with Crippen LogP contribution in [0.1, 0.15) is 28.8 Å². The van der Waals surface area contributed by atoms with Crippen LogP contribution in [0.2, 0.25) is 5.02 Å². The zero-order chi connectivity index (χ0) is 13.2. The molecule has 19 heavy (non-hydrogen) atoms. The van der Waals surface area contributed by atoms with Gasteiger partial charge in [-0.25, -0.2) is 0 Å². The van der Waals surface area contributed by atoms with Crippen molar-refractivity contribution in [1.82, 2.24) is 10.6 Å². The molecule has 102 valence electrons. The minimum absolute atomic E-state index is 0.102. The van der Waals surface area contributed by atoms with E-state index in [-0.39, 0.29) is 5.91 Å². The maximum atomic E-state index is 12.2. The molecule has 5 heteroatoms. The molecule has 4 nitrogen and oxygen atoms in total. The molecule has 0 bridgehead atoms. The van der Waals surface area contributed by atoms with E-state index in [1.165, 1.54) is 6.42 Å². The van der Waals surface area contributed by atoms with Crippen LogP contribution >= 0.6 is 11.6 Å². The Balaban J connectivity index is 1.72. The highest BCUT2D eigenvalue weighted by Gasteiger charge is 2.23. The Kier molecular flexibility index (Phi) is 3.62. The quantitative estimate of drug-likeness (QED) is 0.887. The molecule has 2 heterocycles. The van der Waals surface area contributed by atoms with Gasteiger partial charge in [-0.1, -0.05) is 11.6 Å². The fourth-order valence-electron chi connectivity index (χ4n) is 2.68. The first kappa shape index (κ1) is 12.8. The number of ether oxygens (including phenoxy) is 1. The Morgan fingerprint density at radius 2 is 2.42 bits per heavy atom. The third-order valence-corrected chi connectivity index (χ3v) is 3.88. The smallest absolute Gasteiger partial charge is 0.255 e. The van der Waals surface area contributed by atoms with E-state index in [0.717, 1.165) is 24.9 Å². The largest absolute Gasteiger partial charge is 0.492 e. The third kappa shape index (κ3) is 2.69. The van der Waals surface area contributed by atoms with Crippen LogP contribution in [0.3, 0.4) is 0 Å². The number of rotatable bonds is 3. The second-order valence-corrected chi connectivity index (χ2v) is 5.48. The van der Waals surface area contributed by atoms with Gasteiger partial charge in [0.05, 0.1) is 12.2 Å². The van der Waals surface area contributed by atoms with E-state index >= 15 is 0 Å². The summed E-state index contributed by atoms with van der Waals surface area (Å²) in [4.78, 5) is 12.2. The fraction of sp³-hybridized carbons (Fsp3) is 0.500. The summed E-state index contributed by atoms with van der Waals surface area (Å²) in [5, 5.41) is 6.90. The van der Waals surface area contributed by atoms with E-state index in [4.69, 9.17) is 16.3 Å². The second-order valence-electron chi connectivity index (χ2n) is 5.04. The molecule has 0 radical (unpaired) electrons. The van der Waals surface area contributed by atoms with Gasteiger partial charge in [0, 0.05) is 24.0 Å². The van der Waals surface area contributed by atoms with Gasteiger partial charge in [0.2, 0.25) is 0 Å². The van der Waals surface area contributed by atoms with E-state index in [0.29, 0.717) is 35.5 Å². The maximum absolute atomic E-state index is 12.2. The summed E-state index contributed by atoms with van der Waals surface area (Å²) >= 11 is 6.05. The Labute approximate surface area is 117 Å². The summed E-state index contributed by atoms with van der Waals surface area (Å²) in [6, 6.07) is 3.94. The van der Waals surface area contributed by atoms with E-state index < -0.39 is 0 Å². The van der Waals surface area contributed by atoms with Gasteiger partial charge in [0.25, 0.3) is 5.91 Å². The van der Waals surface area contributed by atoms with Crippen LogP contribution in [-0.4, -0.2) is 31.6 Å².